The van der Waals surface area contributed by atoms with E-state index in [1.54, 1.807) is 12.1 Å². The molecule has 1 aromatic carbocycles. The van der Waals surface area contributed by atoms with Crippen LogP contribution in [0.5, 0.6) is 5.75 Å². The van der Waals surface area contributed by atoms with Crippen molar-refractivity contribution in [3.8, 4) is 5.75 Å². The van der Waals surface area contributed by atoms with Crippen LogP contribution in [0.4, 0.5) is 0 Å². The number of hydrogen-bond acceptors (Lipinski definition) is 3. The molecule has 76 valence electrons. The van der Waals surface area contributed by atoms with E-state index in [0.717, 1.165) is 18.3 Å². The molecule has 0 heterocycles. The largest absolute Gasteiger partial charge is 0.490 e. The fourth-order valence-corrected chi connectivity index (χ4v) is 1.20. The number of rotatable bonds is 5. The monoisotopic (exact) mass is 194 g/mol. The smallest absolute Gasteiger partial charge is 0.153 e. The lowest BCUT2D eigenvalue weighted by Crippen LogP contribution is -2.03. The van der Waals surface area contributed by atoms with Crippen LogP contribution in [0.15, 0.2) is 18.2 Å². The Morgan fingerprint density at radius 1 is 1.50 bits per heavy atom. The lowest BCUT2D eigenvalue weighted by molar-refractivity contribution is 0.111. The Balaban J connectivity index is 2.87. The number of aldehydes is 1. The first-order chi connectivity index (χ1) is 6.81. The molecule has 0 saturated carbocycles. The number of aliphatic hydroxyl groups is 1. The van der Waals surface area contributed by atoms with E-state index < -0.39 is 0 Å². The van der Waals surface area contributed by atoms with Crippen LogP contribution in [0.1, 0.15) is 22.8 Å². The molecular formula is C11H14O3. The van der Waals surface area contributed by atoms with Gasteiger partial charge in [-0.2, -0.15) is 0 Å². The fourth-order valence-electron chi connectivity index (χ4n) is 1.20. The highest BCUT2D eigenvalue weighted by atomic mass is 16.5. The van der Waals surface area contributed by atoms with Gasteiger partial charge in [0.15, 0.2) is 6.29 Å². The number of ether oxygens (including phenoxy) is 1. The molecule has 14 heavy (non-hydrogen) atoms. The summed E-state index contributed by atoms with van der Waals surface area (Å²) in [6.45, 7) is 2.19. The minimum absolute atomic E-state index is 0.0478. The van der Waals surface area contributed by atoms with E-state index >= 15 is 0 Å². The van der Waals surface area contributed by atoms with Crippen LogP contribution in [0, 0.1) is 0 Å². The first kappa shape index (κ1) is 10.7. The summed E-state index contributed by atoms with van der Waals surface area (Å²) < 4.78 is 5.20. The van der Waals surface area contributed by atoms with Gasteiger partial charge in [-0.05, 0) is 24.1 Å². The maximum Gasteiger partial charge on any atom is 0.153 e. The van der Waals surface area contributed by atoms with Gasteiger partial charge in [0, 0.05) is 0 Å². The summed E-state index contributed by atoms with van der Waals surface area (Å²) in [5.41, 5.74) is 1.64. The molecule has 0 spiro atoms. The summed E-state index contributed by atoms with van der Waals surface area (Å²) >= 11 is 0. The van der Waals surface area contributed by atoms with Crippen LogP contribution in [0.2, 0.25) is 0 Å². The molecule has 0 aliphatic carbocycles. The first-order valence-corrected chi connectivity index (χ1v) is 4.63. The third kappa shape index (κ3) is 2.57. The Morgan fingerprint density at radius 2 is 2.29 bits per heavy atom. The Kier molecular flexibility index (Phi) is 4.13. The van der Waals surface area contributed by atoms with Gasteiger partial charge in [-0.15, -0.1) is 0 Å². The van der Waals surface area contributed by atoms with Crippen molar-refractivity contribution in [3.05, 3.63) is 29.3 Å². The van der Waals surface area contributed by atoms with Gasteiger partial charge in [-0.25, -0.2) is 0 Å². The van der Waals surface area contributed by atoms with E-state index in [1.807, 2.05) is 13.0 Å². The molecule has 0 bridgehead atoms. The Hall–Kier alpha value is -1.35. The minimum Gasteiger partial charge on any atom is -0.490 e. The molecule has 0 amide bonds. The van der Waals surface area contributed by atoms with Gasteiger partial charge in [0.2, 0.25) is 0 Å². The lowest BCUT2D eigenvalue weighted by Gasteiger charge is -2.07. The van der Waals surface area contributed by atoms with Crippen molar-refractivity contribution < 1.29 is 14.6 Å². The average molecular weight is 194 g/mol. The zero-order chi connectivity index (χ0) is 10.4. The molecule has 1 rings (SSSR count). The van der Waals surface area contributed by atoms with Crippen LogP contribution in [0.3, 0.4) is 0 Å². The maximum atomic E-state index is 10.7. The van der Waals surface area contributed by atoms with Crippen LogP contribution >= 0.6 is 0 Å². The van der Waals surface area contributed by atoms with Gasteiger partial charge >= 0.3 is 0 Å². The number of carbonyl (C=O) groups is 1. The molecule has 3 nitrogen and oxygen atoms in total. The zero-order valence-electron chi connectivity index (χ0n) is 8.19. The third-order valence-electron chi connectivity index (χ3n) is 1.96. The predicted octanol–water partition coefficient (Wildman–Crippen LogP) is 1.43. The molecule has 0 fully saturated rings. The molecule has 0 atom stereocenters. The van der Waals surface area contributed by atoms with Gasteiger partial charge in [-0.1, -0.05) is 13.0 Å². The first-order valence-electron chi connectivity index (χ1n) is 4.63. The Labute approximate surface area is 83.3 Å². The van der Waals surface area contributed by atoms with E-state index in [0.29, 0.717) is 11.3 Å². The highest BCUT2D eigenvalue weighted by molar-refractivity contribution is 5.79. The maximum absolute atomic E-state index is 10.7. The van der Waals surface area contributed by atoms with Crippen molar-refractivity contribution in [2.75, 3.05) is 13.2 Å². The molecule has 0 unspecified atom stereocenters. The van der Waals surface area contributed by atoms with Gasteiger partial charge < -0.3 is 9.84 Å². The Bertz CT molecular complexity index is 307. The predicted molar refractivity (Wildman–Crippen MR) is 53.8 cm³/mol. The highest BCUT2D eigenvalue weighted by Crippen LogP contribution is 2.18. The van der Waals surface area contributed by atoms with Crippen molar-refractivity contribution in [2.45, 2.75) is 13.3 Å². The summed E-state index contributed by atoms with van der Waals surface area (Å²) in [4.78, 5) is 10.7. The normalized spacial score (nSPS) is 9.86. The number of benzene rings is 1. The Morgan fingerprint density at radius 3 is 2.86 bits per heavy atom. The minimum atomic E-state index is -0.0478. The van der Waals surface area contributed by atoms with E-state index in [9.17, 15) is 4.79 Å². The van der Waals surface area contributed by atoms with Crippen LogP contribution in [0.25, 0.3) is 0 Å². The molecule has 0 saturated heterocycles. The summed E-state index contributed by atoms with van der Waals surface area (Å²) in [6, 6.07) is 5.48. The number of aliphatic hydroxyl groups excluding tert-OH is 1. The molecule has 0 radical (unpaired) electrons. The van der Waals surface area contributed by atoms with Crippen molar-refractivity contribution in [1.29, 1.82) is 0 Å². The van der Waals surface area contributed by atoms with E-state index in [4.69, 9.17) is 9.84 Å². The third-order valence-corrected chi connectivity index (χ3v) is 1.96. The van der Waals surface area contributed by atoms with Gasteiger partial charge in [-0.3, -0.25) is 4.79 Å². The van der Waals surface area contributed by atoms with Crippen LogP contribution in [-0.2, 0) is 6.42 Å². The SMILES string of the molecule is CCc1ccc(OCCO)c(C=O)c1. The second-order valence-corrected chi connectivity index (χ2v) is 2.92. The quantitative estimate of drug-likeness (QED) is 0.721. The van der Waals surface area contributed by atoms with Gasteiger partial charge in [0.25, 0.3) is 0 Å². The molecular weight excluding hydrogens is 180 g/mol. The van der Waals surface area contributed by atoms with Crippen molar-refractivity contribution >= 4 is 6.29 Å². The molecule has 1 aromatic rings. The van der Waals surface area contributed by atoms with Gasteiger partial charge in [0.05, 0.1) is 12.2 Å². The fraction of sp³-hybridized carbons (Fsp3) is 0.364. The molecule has 0 aromatic heterocycles. The summed E-state index contributed by atoms with van der Waals surface area (Å²) in [5.74, 6) is 0.534. The summed E-state index contributed by atoms with van der Waals surface area (Å²) in [5, 5.41) is 8.58. The topological polar surface area (TPSA) is 46.5 Å². The van der Waals surface area contributed by atoms with E-state index in [1.165, 1.54) is 0 Å². The standard InChI is InChI=1S/C11H14O3/c1-2-9-3-4-11(14-6-5-12)10(7-9)8-13/h3-4,7-8,12H,2,5-6H2,1H3. The average Bonchev–Trinajstić information content (AvgIpc) is 2.26. The van der Waals surface area contributed by atoms with E-state index in [-0.39, 0.29) is 13.2 Å². The second kappa shape index (κ2) is 5.40. The summed E-state index contributed by atoms with van der Waals surface area (Å²) in [7, 11) is 0. The van der Waals surface area contributed by atoms with E-state index in [2.05, 4.69) is 0 Å². The molecule has 0 aliphatic rings. The molecule has 3 heteroatoms. The van der Waals surface area contributed by atoms with Crippen molar-refractivity contribution in [1.82, 2.24) is 0 Å². The van der Waals surface area contributed by atoms with Crippen molar-refractivity contribution in [3.63, 3.8) is 0 Å². The highest BCUT2D eigenvalue weighted by Gasteiger charge is 2.03. The second-order valence-electron chi connectivity index (χ2n) is 2.92. The number of carbonyl (C=O) groups excluding carboxylic acids is 1. The van der Waals surface area contributed by atoms with Crippen molar-refractivity contribution in [2.24, 2.45) is 0 Å². The van der Waals surface area contributed by atoms with Gasteiger partial charge in [0.1, 0.15) is 12.4 Å². The number of hydrogen-bond donors (Lipinski definition) is 1. The van der Waals surface area contributed by atoms with Crippen LogP contribution in [-0.4, -0.2) is 24.6 Å². The lowest BCUT2D eigenvalue weighted by atomic mass is 10.1. The van der Waals surface area contributed by atoms with Crippen LogP contribution < -0.4 is 4.74 Å². The molecule has 0 aliphatic heterocycles. The zero-order valence-corrected chi connectivity index (χ0v) is 8.19. The molecule has 1 N–H and O–H groups in total. The number of aryl methyl sites for hydroxylation is 1. The summed E-state index contributed by atoms with van der Waals surface area (Å²) in [6.07, 6.45) is 1.66.